The van der Waals surface area contributed by atoms with E-state index in [0.29, 0.717) is 41.4 Å². The summed E-state index contributed by atoms with van der Waals surface area (Å²) in [5.74, 6) is -0.788. The van der Waals surface area contributed by atoms with Gasteiger partial charge in [0.1, 0.15) is 0 Å². The first-order valence-corrected chi connectivity index (χ1v) is 16.7. The number of anilines is 2. The molecular formula is C37H39N3O7S. The molecule has 0 spiro atoms. The van der Waals surface area contributed by atoms with Gasteiger partial charge in [0.05, 0.1) is 35.8 Å². The average molecular weight is 670 g/mol. The second-order valence-electron chi connectivity index (χ2n) is 11.5. The van der Waals surface area contributed by atoms with E-state index in [1.165, 1.54) is 11.8 Å². The van der Waals surface area contributed by atoms with Gasteiger partial charge in [0.2, 0.25) is 11.8 Å². The molecule has 10 nitrogen and oxygen atoms in total. The number of aliphatic hydroxyl groups is 1. The molecule has 0 aromatic heterocycles. The van der Waals surface area contributed by atoms with Crippen LogP contribution in [0.5, 0.6) is 0 Å². The maximum atomic E-state index is 12.4. The number of hydrogen-bond donors (Lipinski definition) is 5. The van der Waals surface area contributed by atoms with Crippen molar-refractivity contribution in [3.8, 4) is 0 Å². The lowest BCUT2D eigenvalue weighted by Gasteiger charge is -2.36. The molecule has 5 rings (SSSR count). The molecule has 1 saturated heterocycles. The van der Waals surface area contributed by atoms with Crippen molar-refractivity contribution in [2.75, 3.05) is 16.8 Å². The Balaban J connectivity index is 1.16. The monoisotopic (exact) mass is 669 g/mol. The fourth-order valence-corrected chi connectivity index (χ4v) is 6.36. The number of thioether (sulfide) groups is 1. The zero-order valence-corrected chi connectivity index (χ0v) is 27.2. The van der Waals surface area contributed by atoms with Gasteiger partial charge in [0.15, 0.2) is 6.29 Å². The molecule has 2 amide bonds. The second-order valence-corrected chi connectivity index (χ2v) is 12.5. The number of nitrogens with two attached hydrogens (primary N) is 1. The predicted molar refractivity (Wildman–Crippen MR) is 184 cm³/mol. The van der Waals surface area contributed by atoms with E-state index in [0.717, 1.165) is 22.3 Å². The number of carbonyl (C=O) groups excluding carboxylic acids is 2. The Morgan fingerprint density at radius 3 is 2.21 bits per heavy atom. The van der Waals surface area contributed by atoms with Crippen molar-refractivity contribution in [1.29, 1.82) is 0 Å². The van der Waals surface area contributed by atoms with E-state index in [4.69, 9.17) is 15.2 Å². The normalized spacial score (nSPS) is 17.4. The van der Waals surface area contributed by atoms with Crippen LogP contribution >= 0.6 is 11.8 Å². The number of amides is 2. The standard InChI is InChI=1S/C37H39N3O7S/c38-30-7-2-3-8-31(30)40-35(43)11-5-10-34(42)39-21-24-12-18-27(19-13-24)37-46-28(23-48-33-9-4-1-6-29(33)36(44)45)20-32(47-37)26-16-14-25(22-41)15-17-26/h1-4,6-9,12-19,28,32,37,41H,5,10-11,20-23,38H2,(H,39,42)(H,40,43)(H,44,45). The Hall–Kier alpha value is -4.68. The summed E-state index contributed by atoms with van der Waals surface area (Å²) in [5.41, 5.74) is 10.6. The molecule has 1 aliphatic rings. The Morgan fingerprint density at radius 1 is 0.812 bits per heavy atom. The third-order valence-corrected chi connectivity index (χ3v) is 9.15. The number of carboxylic acid groups (broad SMARTS) is 1. The number of aliphatic hydroxyl groups excluding tert-OH is 1. The van der Waals surface area contributed by atoms with Crippen LogP contribution in [-0.4, -0.2) is 39.9 Å². The molecular weight excluding hydrogens is 630 g/mol. The van der Waals surface area contributed by atoms with E-state index >= 15 is 0 Å². The summed E-state index contributed by atoms with van der Waals surface area (Å²) in [6.07, 6.45) is 0.232. The number of nitrogens with one attached hydrogen (secondary N) is 2. The minimum Gasteiger partial charge on any atom is -0.478 e. The summed E-state index contributed by atoms with van der Waals surface area (Å²) in [7, 11) is 0. The van der Waals surface area contributed by atoms with Crippen LogP contribution in [0.4, 0.5) is 11.4 Å². The summed E-state index contributed by atoms with van der Waals surface area (Å²) in [4.78, 5) is 37.1. The topological polar surface area (TPSA) is 160 Å². The van der Waals surface area contributed by atoms with Gasteiger partial charge in [0, 0.05) is 42.0 Å². The van der Waals surface area contributed by atoms with Crippen molar-refractivity contribution in [2.45, 2.75) is 62.2 Å². The third kappa shape index (κ3) is 9.68. The van der Waals surface area contributed by atoms with Crippen molar-refractivity contribution < 1.29 is 34.1 Å². The van der Waals surface area contributed by atoms with Gasteiger partial charge in [-0.3, -0.25) is 9.59 Å². The van der Waals surface area contributed by atoms with Crippen LogP contribution in [0.1, 0.15) is 70.7 Å². The molecule has 6 N–H and O–H groups in total. The smallest absolute Gasteiger partial charge is 0.336 e. The highest BCUT2D eigenvalue weighted by Gasteiger charge is 2.32. The lowest BCUT2D eigenvalue weighted by molar-refractivity contribution is -0.245. The second kappa shape index (κ2) is 16.9. The van der Waals surface area contributed by atoms with Gasteiger partial charge < -0.3 is 36.1 Å². The number of para-hydroxylation sites is 2. The molecule has 0 radical (unpaired) electrons. The van der Waals surface area contributed by atoms with Gasteiger partial charge in [-0.25, -0.2) is 4.79 Å². The highest BCUT2D eigenvalue weighted by molar-refractivity contribution is 7.99. The lowest BCUT2D eigenvalue weighted by Crippen LogP contribution is -2.31. The molecule has 0 saturated carbocycles. The van der Waals surface area contributed by atoms with Gasteiger partial charge in [-0.2, -0.15) is 0 Å². The number of nitrogen functional groups attached to an aromatic ring is 1. The van der Waals surface area contributed by atoms with Crippen LogP contribution in [0.15, 0.2) is 102 Å². The maximum absolute atomic E-state index is 12.4. The predicted octanol–water partition coefficient (Wildman–Crippen LogP) is 6.22. The number of carbonyl (C=O) groups is 3. The highest BCUT2D eigenvalue weighted by atomic mass is 32.2. The molecule has 11 heteroatoms. The first-order valence-electron chi connectivity index (χ1n) is 15.7. The molecule has 1 heterocycles. The van der Waals surface area contributed by atoms with E-state index in [-0.39, 0.29) is 49.0 Å². The first-order chi connectivity index (χ1) is 23.3. The molecule has 250 valence electrons. The van der Waals surface area contributed by atoms with Gasteiger partial charge >= 0.3 is 5.97 Å². The number of carboxylic acids is 1. The first kappa shape index (κ1) is 34.6. The summed E-state index contributed by atoms with van der Waals surface area (Å²) in [5, 5.41) is 24.8. The van der Waals surface area contributed by atoms with Crippen molar-refractivity contribution in [3.63, 3.8) is 0 Å². The van der Waals surface area contributed by atoms with E-state index < -0.39 is 12.3 Å². The van der Waals surface area contributed by atoms with Crippen LogP contribution in [0.3, 0.4) is 0 Å². The molecule has 4 aromatic rings. The fraction of sp³-hybridized carbons (Fsp3) is 0.270. The zero-order valence-electron chi connectivity index (χ0n) is 26.3. The van der Waals surface area contributed by atoms with Crippen LogP contribution in [0.25, 0.3) is 0 Å². The molecule has 4 aromatic carbocycles. The van der Waals surface area contributed by atoms with Crippen LogP contribution in [0, 0.1) is 0 Å². The van der Waals surface area contributed by atoms with Crippen LogP contribution in [-0.2, 0) is 32.2 Å². The summed E-state index contributed by atoms with van der Waals surface area (Å²) in [6, 6.07) is 29.2. The molecule has 48 heavy (non-hydrogen) atoms. The Morgan fingerprint density at radius 2 is 1.48 bits per heavy atom. The Labute approximate surface area is 283 Å². The van der Waals surface area contributed by atoms with Crippen LogP contribution in [0.2, 0.25) is 0 Å². The van der Waals surface area contributed by atoms with Gasteiger partial charge in [0.25, 0.3) is 0 Å². The van der Waals surface area contributed by atoms with Gasteiger partial charge in [-0.1, -0.05) is 72.8 Å². The number of aromatic carboxylic acids is 1. The highest BCUT2D eigenvalue weighted by Crippen LogP contribution is 2.40. The van der Waals surface area contributed by atoms with Crippen molar-refractivity contribution in [3.05, 3.63) is 125 Å². The molecule has 3 unspecified atom stereocenters. The average Bonchev–Trinajstić information content (AvgIpc) is 3.11. The number of hydrogen-bond acceptors (Lipinski definition) is 8. The lowest BCUT2D eigenvalue weighted by atomic mass is 10.0. The molecule has 1 aliphatic heterocycles. The van der Waals surface area contributed by atoms with Crippen LogP contribution < -0.4 is 16.4 Å². The SMILES string of the molecule is Nc1ccccc1NC(=O)CCCC(=O)NCc1ccc(C2OC(CSc3ccccc3C(=O)O)CC(c3ccc(CO)cc3)O2)cc1. The Bertz CT molecular complexity index is 1700. The maximum Gasteiger partial charge on any atom is 0.336 e. The minimum absolute atomic E-state index is 0.0472. The molecule has 0 aliphatic carbocycles. The number of benzene rings is 4. The molecule has 3 atom stereocenters. The Kier molecular flexibility index (Phi) is 12.2. The molecule has 0 bridgehead atoms. The zero-order chi connectivity index (χ0) is 33.9. The van der Waals surface area contributed by atoms with Gasteiger partial charge in [-0.05, 0) is 47.4 Å². The molecule has 1 fully saturated rings. The van der Waals surface area contributed by atoms with Crippen molar-refractivity contribution in [2.24, 2.45) is 0 Å². The summed E-state index contributed by atoms with van der Waals surface area (Å²) in [6.45, 7) is 0.286. The summed E-state index contributed by atoms with van der Waals surface area (Å²) >= 11 is 1.44. The summed E-state index contributed by atoms with van der Waals surface area (Å²) < 4.78 is 12.8. The van der Waals surface area contributed by atoms with Crippen molar-refractivity contribution >= 4 is 40.9 Å². The third-order valence-electron chi connectivity index (χ3n) is 7.94. The van der Waals surface area contributed by atoms with E-state index in [9.17, 15) is 24.6 Å². The fourth-order valence-electron chi connectivity index (χ4n) is 5.29. The van der Waals surface area contributed by atoms with E-state index in [2.05, 4.69) is 10.6 Å². The van der Waals surface area contributed by atoms with Crippen molar-refractivity contribution in [1.82, 2.24) is 5.32 Å². The van der Waals surface area contributed by atoms with Gasteiger partial charge in [-0.15, -0.1) is 11.8 Å². The minimum atomic E-state index is -0.973. The van der Waals surface area contributed by atoms with E-state index in [1.807, 2.05) is 54.6 Å². The number of ether oxygens (including phenoxy) is 2. The largest absolute Gasteiger partial charge is 0.478 e. The van der Waals surface area contributed by atoms with E-state index in [1.54, 1.807) is 42.5 Å². The number of rotatable bonds is 14. The quantitative estimate of drug-likeness (QED) is 0.0776.